The Labute approximate surface area is 111 Å². The molecule has 0 amide bonds. The topological polar surface area (TPSA) is 85.2 Å². The number of aliphatic hydroxyl groups excluding tert-OH is 2. The maximum Gasteiger partial charge on any atom is 0.302 e. The number of esters is 1. The Bertz CT molecular complexity index is 404. The molecule has 1 rings (SSSR count). The van der Waals surface area contributed by atoms with Gasteiger partial charge in [0.05, 0.1) is 13.2 Å². The van der Waals surface area contributed by atoms with Crippen molar-refractivity contribution in [1.82, 2.24) is 0 Å². The summed E-state index contributed by atoms with van der Waals surface area (Å²) in [5.74, 6) is 0.541. The van der Waals surface area contributed by atoms with E-state index in [0.29, 0.717) is 11.5 Å². The molecular formula is C13H18O6. The monoisotopic (exact) mass is 270 g/mol. The van der Waals surface area contributed by atoms with Crippen LogP contribution in [0.3, 0.4) is 0 Å². The van der Waals surface area contributed by atoms with Gasteiger partial charge in [-0.15, -0.1) is 0 Å². The van der Waals surface area contributed by atoms with Gasteiger partial charge < -0.3 is 24.4 Å². The number of hydrogen-bond acceptors (Lipinski definition) is 6. The predicted molar refractivity (Wildman–Crippen MR) is 67.1 cm³/mol. The lowest BCUT2D eigenvalue weighted by Crippen LogP contribution is -2.07. The lowest BCUT2D eigenvalue weighted by atomic mass is 10.2. The van der Waals surface area contributed by atoms with Crippen LogP contribution in [0.5, 0.6) is 11.5 Å². The first-order valence-corrected chi connectivity index (χ1v) is 5.91. The van der Waals surface area contributed by atoms with Gasteiger partial charge in [-0.2, -0.15) is 0 Å². The number of aliphatic hydroxyl groups is 2. The molecule has 0 saturated carbocycles. The van der Waals surface area contributed by atoms with Crippen LogP contribution in [0.15, 0.2) is 18.2 Å². The molecule has 6 nitrogen and oxygen atoms in total. The van der Waals surface area contributed by atoms with Gasteiger partial charge in [0.15, 0.2) is 11.5 Å². The van der Waals surface area contributed by atoms with Crippen molar-refractivity contribution in [2.24, 2.45) is 0 Å². The van der Waals surface area contributed by atoms with Crippen molar-refractivity contribution in [3.8, 4) is 11.5 Å². The van der Waals surface area contributed by atoms with Gasteiger partial charge in [0.25, 0.3) is 0 Å². The summed E-state index contributed by atoms with van der Waals surface area (Å²) in [7, 11) is 0. The van der Waals surface area contributed by atoms with Crippen LogP contribution in [-0.2, 0) is 16.1 Å². The molecule has 19 heavy (non-hydrogen) atoms. The standard InChI is InChI=1S/C13H18O6/c1-10(16)19-9-11-2-3-12(17-6-4-14)13(8-11)18-7-5-15/h2-3,8,14-15H,4-7,9H2,1H3. The quantitative estimate of drug-likeness (QED) is 0.669. The van der Waals surface area contributed by atoms with E-state index in [1.165, 1.54) is 6.92 Å². The van der Waals surface area contributed by atoms with E-state index in [4.69, 9.17) is 24.4 Å². The van der Waals surface area contributed by atoms with E-state index in [1.807, 2.05) is 0 Å². The van der Waals surface area contributed by atoms with Gasteiger partial charge in [-0.1, -0.05) is 6.07 Å². The van der Waals surface area contributed by atoms with Gasteiger partial charge in [0.1, 0.15) is 19.8 Å². The third-order valence-corrected chi connectivity index (χ3v) is 2.15. The first-order chi connectivity index (χ1) is 9.17. The van der Waals surface area contributed by atoms with Crippen molar-refractivity contribution in [1.29, 1.82) is 0 Å². The van der Waals surface area contributed by atoms with Gasteiger partial charge in [0, 0.05) is 6.92 Å². The first kappa shape index (κ1) is 15.3. The highest BCUT2D eigenvalue weighted by Gasteiger charge is 2.07. The van der Waals surface area contributed by atoms with E-state index in [-0.39, 0.29) is 39.0 Å². The number of carbonyl (C=O) groups excluding carboxylic acids is 1. The molecule has 0 saturated heterocycles. The Kier molecular flexibility index (Phi) is 6.70. The number of ether oxygens (including phenoxy) is 3. The molecule has 0 spiro atoms. The van der Waals surface area contributed by atoms with Crippen LogP contribution in [0.25, 0.3) is 0 Å². The summed E-state index contributed by atoms with van der Waals surface area (Å²) in [6.07, 6.45) is 0. The van der Waals surface area contributed by atoms with Crippen LogP contribution in [0.2, 0.25) is 0 Å². The highest BCUT2D eigenvalue weighted by atomic mass is 16.5. The van der Waals surface area contributed by atoms with E-state index in [0.717, 1.165) is 5.56 Å². The largest absolute Gasteiger partial charge is 0.487 e. The van der Waals surface area contributed by atoms with Gasteiger partial charge in [0.2, 0.25) is 0 Å². The predicted octanol–water partition coefficient (Wildman–Crippen LogP) is 0.492. The summed E-state index contributed by atoms with van der Waals surface area (Å²) in [5, 5.41) is 17.5. The summed E-state index contributed by atoms with van der Waals surface area (Å²) in [4.78, 5) is 10.7. The van der Waals surface area contributed by atoms with Crippen LogP contribution in [-0.4, -0.2) is 42.6 Å². The van der Waals surface area contributed by atoms with Crippen LogP contribution in [0.4, 0.5) is 0 Å². The fourth-order valence-corrected chi connectivity index (χ4v) is 1.37. The Morgan fingerprint density at radius 1 is 1.11 bits per heavy atom. The van der Waals surface area contributed by atoms with E-state index >= 15 is 0 Å². The molecule has 0 unspecified atom stereocenters. The van der Waals surface area contributed by atoms with E-state index < -0.39 is 0 Å². The van der Waals surface area contributed by atoms with Crippen molar-refractivity contribution < 1.29 is 29.2 Å². The molecule has 106 valence electrons. The number of rotatable bonds is 8. The van der Waals surface area contributed by atoms with Crippen LogP contribution in [0.1, 0.15) is 12.5 Å². The van der Waals surface area contributed by atoms with Gasteiger partial charge in [-0.05, 0) is 17.7 Å². The number of benzene rings is 1. The SMILES string of the molecule is CC(=O)OCc1ccc(OCCO)c(OCCO)c1. The molecule has 0 aliphatic carbocycles. The second-order valence-corrected chi connectivity index (χ2v) is 3.71. The molecule has 2 N–H and O–H groups in total. The molecule has 6 heteroatoms. The van der Waals surface area contributed by atoms with Crippen molar-refractivity contribution in [3.63, 3.8) is 0 Å². The molecule has 0 heterocycles. The summed E-state index contributed by atoms with van der Waals surface area (Å²) >= 11 is 0. The van der Waals surface area contributed by atoms with Crippen molar-refractivity contribution in [2.45, 2.75) is 13.5 Å². The van der Waals surface area contributed by atoms with Gasteiger partial charge in [-0.3, -0.25) is 4.79 Å². The Balaban J connectivity index is 2.77. The fraction of sp³-hybridized carbons (Fsp3) is 0.462. The third kappa shape index (κ3) is 5.58. The van der Waals surface area contributed by atoms with Crippen molar-refractivity contribution in [2.75, 3.05) is 26.4 Å². The minimum Gasteiger partial charge on any atom is -0.487 e. The Morgan fingerprint density at radius 2 is 1.74 bits per heavy atom. The summed E-state index contributed by atoms with van der Waals surface area (Å²) in [5.41, 5.74) is 0.750. The maximum absolute atomic E-state index is 10.7. The average molecular weight is 270 g/mol. The number of carbonyl (C=O) groups is 1. The maximum atomic E-state index is 10.7. The summed E-state index contributed by atoms with van der Waals surface area (Å²) in [6, 6.07) is 5.08. The van der Waals surface area contributed by atoms with Crippen LogP contribution in [0, 0.1) is 0 Å². The summed E-state index contributed by atoms with van der Waals surface area (Å²) in [6.45, 7) is 1.54. The van der Waals surface area contributed by atoms with Crippen molar-refractivity contribution in [3.05, 3.63) is 23.8 Å². The molecule has 0 fully saturated rings. The molecule has 1 aromatic carbocycles. The highest BCUT2D eigenvalue weighted by molar-refractivity contribution is 5.66. The van der Waals surface area contributed by atoms with Crippen molar-refractivity contribution >= 4 is 5.97 Å². The van der Waals surface area contributed by atoms with E-state index in [2.05, 4.69) is 0 Å². The lowest BCUT2D eigenvalue weighted by Gasteiger charge is -2.13. The smallest absolute Gasteiger partial charge is 0.302 e. The zero-order valence-corrected chi connectivity index (χ0v) is 10.8. The molecule has 0 atom stereocenters. The van der Waals surface area contributed by atoms with E-state index in [9.17, 15) is 4.79 Å². The first-order valence-electron chi connectivity index (χ1n) is 5.91. The van der Waals surface area contributed by atoms with Gasteiger partial charge in [-0.25, -0.2) is 0 Å². The second-order valence-electron chi connectivity index (χ2n) is 3.71. The zero-order valence-electron chi connectivity index (χ0n) is 10.8. The fourth-order valence-electron chi connectivity index (χ4n) is 1.37. The minimum atomic E-state index is -0.363. The summed E-state index contributed by atoms with van der Waals surface area (Å²) < 4.78 is 15.5. The molecule has 0 aliphatic rings. The van der Waals surface area contributed by atoms with Crippen LogP contribution >= 0.6 is 0 Å². The third-order valence-electron chi connectivity index (χ3n) is 2.15. The van der Waals surface area contributed by atoms with E-state index in [1.54, 1.807) is 18.2 Å². The zero-order chi connectivity index (χ0) is 14.1. The number of hydrogen-bond donors (Lipinski definition) is 2. The molecule has 0 radical (unpaired) electrons. The minimum absolute atomic E-state index is 0.103. The average Bonchev–Trinajstić information content (AvgIpc) is 2.41. The van der Waals surface area contributed by atoms with Gasteiger partial charge >= 0.3 is 5.97 Å². The molecule has 0 bridgehead atoms. The Morgan fingerprint density at radius 3 is 2.32 bits per heavy atom. The molecule has 0 aliphatic heterocycles. The van der Waals surface area contributed by atoms with Crippen LogP contribution < -0.4 is 9.47 Å². The normalized spacial score (nSPS) is 10.1. The second kappa shape index (κ2) is 8.34. The molecule has 0 aromatic heterocycles. The highest BCUT2D eigenvalue weighted by Crippen LogP contribution is 2.28. The lowest BCUT2D eigenvalue weighted by molar-refractivity contribution is -0.142. The molecule has 1 aromatic rings. The molecular weight excluding hydrogens is 252 g/mol. The Hall–Kier alpha value is -1.79.